The summed E-state index contributed by atoms with van der Waals surface area (Å²) in [6, 6.07) is 0. The minimum Gasteiger partial charge on any atom is -0.462 e. The second-order valence-corrected chi connectivity index (χ2v) is 19.5. The van der Waals surface area contributed by atoms with Crippen LogP contribution in [0.2, 0.25) is 0 Å². The van der Waals surface area contributed by atoms with Crippen LogP contribution in [0.25, 0.3) is 0 Å². The van der Waals surface area contributed by atoms with Gasteiger partial charge in [0.1, 0.15) is 12.7 Å². The highest BCUT2D eigenvalue weighted by atomic mass is 31.2. The van der Waals surface area contributed by atoms with E-state index in [1.807, 2.05) is 0 Å². The smallest absolute Gasteiger partial charge is 0.462 e. The molecule has 0 fully saturated rings. The zero-order valence-electron chi connectivity index (χ0n) is 44.2. The van der Waals surface area contributed by atoms with E-state index in [1.54, 1.807) is 0 Å². The molecule has 402 valence electrons. The van der Waals surface area contributed by atoms with Gasteiger partial charge in [0.25, 0.3) is 0 Å². The van der Waals surface area contributed by atoms with Gasteiger partial charge >= 0.3 is 25.7 Å². The molecule has 0 saturated heterocycles. The molecule has 0 amide bonds. The number of hydrogen-bond donors (Lipinski definition) is 2. The average Bonchev–Trinajstić information content (AvgIpc) is 3.35. The minimum absolute atomic E-state index is 0.143. The Morgan fingerprint density at radius 1 is 0.414 bits per heavy atom. The summed E-state index contributed by atoms with van der Waals surface area (Å²) in [4.78, 5) is 48.4. The first-order valence-electron chi connectivity index (χ1n) is 27.5. The lowest BCUT2D eigenvalue weighted by molar-refractivity contribution is -0.161. The molecule has 0 rings (SSSR count). The summed E-state index contributed by atoms with van der Waals surface area (Å²) in [7, 11) is -4.76. The number of phosphoric acid groups is 1. The Labute approximate surface area is 426 Å². The molecule has 0 spiro atoms. The third-order valence-corrected chi connectivity index (χ3v) is 12.2. The molecule has 0 aliphatic heterocycles. The van der Waals surface area contributed by atoms with Crippen LogP contribution >= 0.6 is 7.82 Å². The van der Waals surface area contributed by atoms with Gasteiger partial charge in [-0.1, -0.05) is 183 Å². The molecule has 0 heterocycles. The molecule has 0 saturated carbocycles. The molecule has 0 aromatic rings. The molecule has 12 heteroatoms. The summed E-state index contributed by atoms with van der Waals surface area (Å²) in [6.07, 6.45) is 58.4. The SMILES string of the molecule is CC/C=C\C/C=C\C/C=C\CCCCCC(=O)OCC(COP(=O)(O)OCC(CO)OC(=O)CCCCCCC/C=C\CCCC)OC(=O)CCCCCCCC/C=C\C/C=C\C/C=C\CCCCC. The van der Waals surface area contributed by atoms with Crippen molar-refractivity contribution in [2.24, 2.45) is 0 Å². The number of hydrogen-bond acceptors (Lipinski definition) is 10. The molecule has 70 heavy (non-hydrogen) atoms. The zero-order chi connectivity index (χ0) is 51.3. The van der Waals surface area contributed by atoms with E-state index in [2.05, 4.69) is 106 Å². The summed E-state index contributed by atoms with van der Waals surface area (Å²) in [5.74, 6) is -1.53. The van der Waals surface area contributed by atoms with Crippen molar-refractivity contribution in [3.63, 3.8) is 0 Å². The van der Waals surface area contributed by atoms with Gasteiger partial charge in [0.15, 0.2) is 6.10 Å². The van der Waals surface area contributed by atoms with Crippen molar-refractivity contribution in [2.45, 2.75) is 238 Å². The van der Waals surface area contributed by atoms with Crippen LogP contribution in [0.1, 0.15) is 226 Å². The predicted octanol–water partition coefficient (Wildman–Crippen LogP) is 15.9. The van der Waals surface area contributed by atoms with E-state index in [0.29, 0.717) is 19.3 Å². The maximum absolute atomic E-state index is 12.9. The van der Waals surface area contributed by atoms with Gasteiger partial charge in [-0.3, -0.25) is 23.4 Å². The molecule has 0 radical (unpaired) electrons. The molecule has 3 unspecified atom stereocenters. The number of rotatable bonds is 50. The number of aliphatic hydroxyl groups excluding tert-OH is 1. The van der Waals surface area contributed by atoms with Gasteiger partial charge in [-0.2, -0.15) is 0 Å². The second-order valence-electron chi connectivity index (χ2n) is 18.0. The summed E-state index contributed by atoms with van der Waals surface area (Å²) < 4.78 is 39.4. The highest BCUT2D eigenvalue weighted by Crippen LogP contribution is 2.43. The van der Waals surface area contributed by atoms with Gasteiger partial charge in [-0.15, -0.1) is 0 Å². The lowest BCUT2D eigenvalue weighted by atomic mass is 10.1. The third kappa shape index (κ3) is 49.6. The lowest BCUT2D eigenvalue weighted by Gasteiger charge is -2.21. The van der Waals surface area contributed by atoms with Crippen molar-refractivity contribution < 1.29 is 52.2 Å². The van der Waals surface area contributed by atoms with E-state index in [-0.39, 0.29) is 25.9 Å². The van der Waals surface area contributed by atoms with Gasteiger partial charge in [0.05, 0.1) is 19.8 Å². The number of allylic oxidation sites excluding steroid dienone is 14. The summed E-state index contributed by atoms with van der Waals surface area (Å²) in [6.45, 7) is 4.39. The molecule has 2 N–H and O–H groups in total. The molecule has 0 bridgehead atoms. The standard InChI is InChI=1S/C58H99O11P/c1-4-7-10-13-16-19-22-24-25-26-27-28-29-31-34-37-40-43-46-49-58(62)69-55(51-65-56(60)47-44-41-38-35-33-30-23-20-17-14-11-8-5-2)53-67-70(63,64)66-52-54(50-59)68-57(61)48-45-42-39-36-32-21-18-15-12-9-6-3/h8,11,15-20,24-25,27-28,30,33,54-55,59H,4-7,9-10,12-14,21-23,26,29,31-32,34-53H2,1-3H3,(H,63,64)/b11-8-,18-15-,19-16-,20-17-,25-24-,28-27-,33-30-. The van der Waals surface area contributed by atoms with E-state index in [1.165, 1.54) is 38.5 Å². The molecule has 0 aliphatic carbocycles. The number of aliphatic hydroxyl groups is 1. The van der Waals surface area contributed by atoms with Crippen LogP contribution in [-0.4, -0.2) is 66.5 Å². The fraction of sp³-hybridized carbons (Fsp3) is 0.707. The van der Waals surface area contributed by atoms with Crippen molar-refractivity contribution in [1.82, 2.24) is 0 Å². The summed E-state index contributed by atoms with van der Waals surface area (Å²) >= 11 is 0. The quantitative estimate of drug-likeness (QED) is 0.0197. The van der Waals surface area contributed by atoms with E-state index in [9.17, 15) is 28.9 Å². The Balaban J connectivity index is 4.80. The van der Waals surface area contributed by atoms with Crippen molar-refractivity contribution in [3.8, 4) is 0 Å². The maximum Gasteiger partial charge on any atom is 0.472 e. The Morgan fingerprint density at radius 3 is 1.21 bits per heavy atom. The fourth-order valence-corrected chi connectivity index (χ4v) is 7.85. The number of carbonyl (C=O) groups excluding carboxylic acids is 3. The number of esters is 3. The van der Waals surface area contributed by atoms with Crippen molar-refractivity contribution >= 4 is 25.7 Å². The Kier molecular flexibility index (Phi) is 49.5. The molecule has 0 aliphatic rings. The number of carbonyl (C=O) groups is 3. The molecular formula is C58H99O11P. The number of phosphoric ester groups is 1. The minimum atomic E-state index is -4.76. The van der Waals surface area contributed by atoms with Crippen molar-refractivity contribution in [2.75, 3.05) is 26.4 Å². The highest BCUT2D eigenvalue weighted by Gasteiger charge is 2.28. The largest absolute Gasteiger partial charge is 0.472 e. The average molecular weight is 1000 g/mol. The van der Waals surface area contributed by atoms with Crippen LogP contribution < -0.4 is 0 Å². The monoisotopic (exact) mass is 1000 g/mol. The van der Waals surface area contributed by atoms with Gasteiger partial charge in [-0.05, 0) is 109 Å². The van der Waals surface area contributed by atoms with E-state index in [4.69, 9.17) is 23.3 Å². The maximum atomic E-state index is 12.9. The van der Waals surface area contributed by atoms with Crippen LogP contribution in [0.5, 0.6) is 0 Å². The third-order valence-electron chi connectivity index (χ3n) is 11.3. The second kappa shape index (κ2) is 52.0. The first kappa shape index (κ1) is 66.7. The van der Waals surface area contributed by atoms with Crippen LogP contribution in [0, 0.1) is 0 Å². The Morgan fingerprint density at radius 2 is 0.757 bits per heavy atom. The van der Waals surface area contributed by atoms with Crippen LogP contribution in [0.15, 0.2) is 85.1 Å². The first-order chi connectivity index (χ1) is 34.2. The van der Waals surface area contributed by atoms with Gasteiger partial charge in [0, 0.05) is 19.3 Å². The van der Waals surface area contributed by atoms with E-state index in [0.717, 1.165) is 128 Å². The number of unbranched alkanes of at least 4 members (excludes halogenated alkanes) is 19. The van der Waals surface area contributed by atoms with Gasteiger partial charge in [0.2, 0.25) is 0 Å². The van der Waals surface area contributed by atoms with E-state index >= 15 is 0 Å². The molecular weight excluding hydrogens is 904 g/mol. The highest BCUT2D eigenvalue weighted by molar-refractivity contribution is 7.47. The molecule has 0 aromatic carbocycles. The Hall–Kier alpha value is -3.34. The summed E-state index contributed by atoms with van der Waals surface area (Å²) in [5, 5.41) is 9.77. The normalized spacial score (nSPS) is 14.1. The lowest BCUT2D eigenvalue weighted by Crippen LogP contribution is -2.30. The van der Waals surface area contributed by atoms with Gasteiger partial charge in [-0.25, -0.2) is 4.57 Å². The Bertz CT molecular complexity index is 1500. The molecule has 3 atom stereocenters. The topological polar surface area (TPSA) is 155 Å². The first-order valence-corrected chi connectivity index (χ1v) is 29.0. The van der Waals surface area contributed by atoms with E-state index < -0.39 is 57.8 Å². The van der Waals surface area contributed by atoms with Crippen LogP contribution in [0.4, 0.5) is 0 Å². The van der Waals surface area contributed by atoms with Crippen molar-refractivity contribution in [3.05, 3.63) is 85.1 Å². The fourth-order valence-electron chi connectivity index (χ4n) is 7.06. The molecule has 0 aromatic heterocycles. The van der Waals surface area contributed by atoms with Crippen molar-refractivity contribution in [1.29, 1.82) is 0 Å². The van der Waals surface area contributed by atoms with Crippen LogP contribution in [0.3, 0.4) is 0 Å². The predicted molar refractivity (Wildman–Crippen MR) is 288 cm³/mol. The van der Waals surface area contributed by atoms with Crippen LogP contribution in [-0.2, 0) is 42.2 Å². The number of ether oxygens (including phenoxy) is 3. The summed E-state index contributed by atoms with van der Waals surface area (Å²) in [5.41, 5.74) is 0. The molecule has 11 nitrogen and oxygen atoms in total. The zero-order valence-corrected chi connectivity index (χ0v) is 45.1. The van der Waals surface area contributed by atoms with Gasteiger partial charge < -0.3 is 24.2 Å².